The van der Waals surface area contributed by atoms with E-state index in [0.29, 0.717) is 0 Å². The van der Waals surface area contributed by atoms with Gasteiger partial charge in [-0.1, -0.05) is 18.2 Å². The summed E-state index contributed by atoms with van der Waals surface area (Å²) < 4.78 is 18.6. The molecule has 1 heterocycles. The molecule has 27 heavy (non-hydrogen) atoms. The first-order valence-electron chi connectivity index (χ1n) is 8.62. The molecule has 1 N–H and O–H groups in total. The molecular formula is C21H21FN2O2S. The van der Waals surface area contributed by atoms with Crippen molar-refractivity contribution in [2.75, 3.05) is 7.11 Å². The van der Waals surface area contributed by atoms with Gasteiger partial charge in [0.1, 0.15) is 11.6 Å². The zero-order chi connectivity index (χ0) is 19.4. The third-order valence-corrected chi connectivity index (χ3v) is 5.20. The zero-order valence-corrected chi connectivity index (χ0v) is 16.3. The van der Waals surface area contributed by atoms with E-state index in [1.54, 1.807) is 19.2 Å². The van der Waals surface area contributed by atoms with Crippen LogP contribution < -0.4 is 10.1 Å². The first-order valence-corrected chi connectivity index (χ1v) is 9.44. The molecule has 0 bridgehead atoms. The molecule has 0 aliphatic heterocycles. The van der Waals surface area contributed by atoms with Crippen LogP contribution in [-0.2, 0) is 11.2 Å². The van der Waals surface area contributed by atoms with E-state index < -0.39 is 0 Å². The highest BCUT2D eigenvalue weighted by Gasteiger charge is 2.18. The average molecular weight is 384 g/mol. The minimum Gasteiger partial charge on any atom is -0.496 e. The molecule has 1 aromatic heterocycles. The van der Waals surface area contributed by atoms with Gasteiger partial charge in [-0.15, -0.1) is 11.3 Å². The summed E-state index contributed by atoms with van der Waals surface area (Å²) in [4.78, 5) is 18.0. The quantitative estimate of drug-likeness (QED) is 0.671. The van der Waals surface area contributed by atoms with Crippen LogP contribution >= 0.6 is 11.3 Å². The molecule has 1 atom stereocenters. The topological polar surface area (TPSA) is 51.2 Å². The summed E-state index contributed by atoms with van der Waals surface area (Å²) in [6.07, 6.45) is 0.220. The molecule has 0 saturated heterocycles. The van der Waals surface area contributed by atoms with Crippen LogP contribution in [0.1, 0.15) is 28.4 Å². The van der Waals surface area contributed by atoms with Crippen LogP contribution in [0, 0.1) is 12.7 Å². The van der Waals surface area contributed by atoms with Crippen LogP contribution in [0.25, 0.3) is 11.3 Å². The molecular weight excluding hydrogens is 363 g/mol. The Bertz CT molecular complexity index is 938. The monoisotopic (exact) mass is 384 g/mol. The van der Waals surface area contributed by atoms with E-state index in [9.17, 15) is 9.18 Å². The predicted octanol–water partition coefficient (Wildman–Crippen LogP) is 4.69. The molecule has 140 valence electrons. The maximum atomic E-state index is 13.2. The van der Waals surface area contributed by atoms with Crippen molar-refractivity contribution in [3.63, 3.8) is 0 Å². The van der Waals surface area contributed by atoms with Gasteiger partial charge in [-0.2, -0.15) is 0 Å². The maximum Gasteiger partial charge on any atom is 0.225 e. The second-order valence-corrected chi connectivity index (χ2v) is 7.51. The second kappa shape index (κ2) is 8.31. The van der Waals surface area contributed by atoms with Crippen molar-refractivity contribution in [3.05, 3.63) is 69.8 Å². The van der Waals surface area contributed by atoms with Crippen LogP contribution in [0.5, 0.6) is 5.75 Å². The second-order valence-electron chi connectivity index (χ2n) is 6.22. The van der Waals surface area contributed by atoms with E-state index in [2.05, 4.69) is 10.3 Å². The standard InChI is InChI=1S/C21H21FN2O2S/c1-13(17-6-4-5-7-18(17)26-3)23-20(25)12-19-21(24-14(2)27-19)15-8-10-16(22)11-9-15/h4-11,13H,12H2,1-3H3,(H,23,25)/t13-/m0/s1. The lowest BCUT2D eigenvalue weighted by Gasteiger charge is -2.17. The third kappa shape index (κ3) is 4.52. The molecule has 6 heteroatoms. The van der Waals surface area contributed by atoms with Gasteiger partial charge < -0.3 is 10.1 Å². The number of carbonyl (C=O) groups excluding carboxylic acids is 1. The summed E-state index contributed by atoms with van der Waals surface area (Å²) in [7, 11) is 1.61. The van der Waals surface area contributed by atoms with Gasteiger partial charge in [0.15, 0.2) is 0 Å². The van der Waals surface area contributed by atoms with Crippen LogP contribution in [0.2, 0.25) is 0 Å². The number of amides is 1. The van der Waals surface area contributed by atoms with E-state index in [1.807, 2.05) is 38.1 Å². The molecule has 0 spiro atoms. The minimum absolute atomic E-state index is 0.0968. The number of methoxy groups -OCH3 is 1. The molecule has 0 unspecified atom stereocenters. The fraction of sp³-hybridized carbons (Fsp3) is 0.238. The summed E-state index contributed by atoms with van der Waals surface area (Å²) in [5.74, 6) is 0.349. The Kier molecular flexibility index (Phi) is 5.86. The Morgan fingerprint density at radius 2 is 1.93 bits per heavy atom. The van der Waals surface area contributed by atoms with Crippen LogP contribution in [-0.4, -0.2) is 18.0 Å². The molecule has 4 nitrogen and oxygen atoms in total. The molecule has 3 aromatic rings. The highest BCUT2D eigenvalue weighted by Crippen LogP contribution is 2.29. The number of para-hydroxylation sites is 1. The molecule has 3 rings (SSSR count). The predicted molar refractivity (Wildman–Crippen MR) is 106 cm³/mol. The van der Waals surface area contributed by atoms with Gasteiger partial charge in [-0.05, 0) is 44.2 Å². The van der Waals surface area contributed by atoms with Gasteiger partial charge in [-0.25, -0.2) is 9.37 Å². The van der Waals surface area contributed by atoms with E-state index in [4.69, 9.17) is 4.74 Å². The number of aromatic nitrogens is 1. The van der Waals surface area contributed by atoms with E-state index in [1.165, 1.54) is 23.5 Å². The number of hydrogen-bond acceptors (Lipinski definition) is 4. The fourth-order valence-corrected chi connectivity index (χ4v) is 3.92. The Hall–Kier alpha value is -2.73. The highest BCUT2D eigenvalue weighted by atomic mass is 32.1. The number of rotatable bonds is 6. The molecule has 2 aromatic carbocycles. The number of thiazole rings is 1. The highest BCUT2D eigenvalue weighted by molar-refractivity contribution is 7.12. The van der Waals surface area contributed by atoms with Gasteiger partial charge in [0, 0.05) is 16.0 Å². The number of nitrogens with zero attached hydrogens (tertiary/aromatic N) is 1. The fourth-order valence-electron chi connectivity index (χ4n) is 2.96. The average Bonchev–Trinajstić information content (AvgIpc) is 3.02. The smallest absolute Gasteiger partial charge is 0.225 e. The Labute approximate surface area is 162 Å². The number of ether oxygens (including phenoxy) is 1. The maximum absolute atomic E-state index is 13.2. The first kappa shape index (κ1) is 19.0. The number of carbonyl (C=O) groups is 1. The molecule has 1 amide bonds. The number of halogens is 1. The van der Waals surface area contributed by atoms with E-state index >= 15 is 0 Å². The van der Waals surface area contributed by atoms with Crippen molar-refractivity contribution in [3.8, 4) is 17.0 Å². The molecule has 0 saturated carbocycles. The van der Waals surface area contributed by atoms with Gasteiger partial charge in [0.25, 0.3) is 0 Å². The van der Waals surface area contributed by atoms with E-state index in [-0.39, 0.29) is 24.2 Å². The summed E-state index contributed by atoms with van der Waals surface area (Å²) in [6, 6.07) is 13.6. The van der Waals surface area contributed by atoms with Crippen molar-refractivity contribution < 1.29 is 13.9 Å². The number of nitrogens with one attached hydrogen (secondary N) is 1. The molecule has 0 fully saturated rings. The minimum atomic E-state index is -0.296. The normalized spacial score (nSPS) is 11.9. The van der Waals surface area contributed by atoms with Crippen molar-refractivity contribution in [1.82, 2.24) is 10.3 Å². The van der Waals surface area contributed by atoms with Crippen molar-refractivity contribution in [2.24, 2.45) is 0 Å². The summed E-state index contributed by atoms with van der Waals surface area (Å²) in [6.45, 7) is 3.82. The Balaban J connectivity index is 1.76. The number of aryl methyl sites for hydroxylation is 1. The number of hydrogen-bond donors (Lipinski definition) is 1. The lowest BCUT2D eigenvalue weighted by molar-refractivity contribution is -0.121. The lowest BCUT2D eigenvalue weighted by atomic mass is 10.1. The van der Waals surface area contributed by atoms with Crippen LogP contribution in [0.4, 0.5) is 4.39 Å². The van der Waals surface area contributed by atoms with Crippen molar-refractivity contribution in [2.45, 2.75) is 26.3 Å². The summed E-state index contributed by atoms with van der Waals surface area (Å²) >= 11 is 1.48. The number of benzene rings is 2. The van der Waals surface area contributed by atoms with Crippen molar-refractivity contribution >= 4 is 17.2 Å². The van der Waals surface area contributed by atoms with Gasteiger partial charge in [-0.3, -0.25) is 4.79 Å². The zero-order valence-electron chi connectivity index (χ0n) is 15.5. The van der Waals surface area contributed by atoms with Gasteiger partial charge >= 0.3 is 0 Å². The summed E-state index contributed by atoms with van der Waals surface area (Å²) in [5, 5.41) is 3.89. The molecule has 0 aliphatic carbocycles. The molecule has 0 radical (unpaired) electrons. The molecule has 0 aliphatic rings. The Morgan fingerprint density at radius 1 is 1.22 bits per heavy atom. The van der Waals surface area contributed by atoms with Crippen molar-refractivity contribution in [1.29, 1.82) is 0 Å². The van der Waals surface area contributed by atoms with Crippen LogP contribution in [0.15, 0.2) is 48.5 Å². The lowest BCUT2D eigenvalue weighted by Crippen LogP contribution is -2.28. The van der Waals surface area contributed by atoms with E-state index in [0.717, 1.165) is 32.5 Å². The first-order chi connectivity index (χ1) is 13.0. The van der Waals surface area contributed by atoms with Crippen LogP contribution in [0.3, 0.4) is 0 Å². The SMILES string of the molecule is COc1ccccc1[C@H](C)NC(=O)Cc1sc(C)nc1-c1ccc(F)cc1. The largest absolute Gasteiger partial charge is 0.496 e. The Morgan fingerprint density at radius 3 is 2.63 bits per heavy atom. The van der Waals surface area contributed by atoms with Gasteiger partial charge in [0.2, 0.25) is 5.91 Å². The third-order valence-electron chi connectivity index (χ3n) is 4.23. The van der Waals surface area contributed by atoms with Gasteiger partial charge in [0.05, 0.1) is 30.3 Å². The summed E-state index contributed by atoms with van der Waals surface area (Å²) in [5.41, 5.74) is 2.46.